The predicted octanol–water partition coefficient (Wildman–Crippen LogP) is 1.81. The molecule has 6 nitrogen and oxygen atoms in total. The minimum Gasteiger partial charge on any atom is -0.393 e. The second kappa shape index (κ2) is 5.35. The van der Waals surface area contributed by atoms with Crippen molar-refractivity contribution >= 4 is 5.69 Å². The molecule has 3 rings (SSSR count). The van der Waals surface area contributed by atoms with Crippen LogP contribution in [-0.2, 0) is 6.54 Å². The number of rotatable bonds is 3. The summed E-state index contributed by atoms with van der Waals surface area (Å²) in [5, 5.41) is 21.1. The molecule has 2 heterocycles. The fourth-order valence-electron chi connectivity index (χ4n) is 3.88. The van der Waals surface area contributed by atoms with Crippen molar-refractivity contribution in [2.45, 2.75) is 39.3 Å². The normalized spacial score (nSPS) is 28.8. The summed E-state index contributed by atoms with van der Waals surface area (Å²) in [5.41, 5.74) is 2.23. The summed E-state index contributed by atoms with van der Waals surface area (Å²) >= 11 is 0. The van der Waals surface area contributed by atoms with Crippen LogP contribution < -0.4 is 0 Å². The van der Waals surface area contributed by atoms with E-state index in [0.29, 0.717) is 29.5 Å². The van der Waals surface area contributed by atoms with Gasteiger partial charge in [-0.2, -0.15) is 0 Å². The lowest BCUT2D eigenvalue weighted by molar-refractivity contribution is -0.386. The lowest BCUT2D eigenvalue weighted by atomic mass is 10.00. The fourth-order valence-corrected chi connectivity index (χ4v) is 3.88. The molecule has 1 aliphatic carbocycles. The number of aliphatic hydroxyl groups is 1. The SMILES string of the molecule is Cc1cnc(CN2CC3CCC(O)C3C2)c(C)c1[N+](=O)[O-]. The van der Waals surface area contributed by atoms with Crippen molar-refractivity contribution in [2.24, 2.45) is 11.8 Å². The molecule has 3 atom stereocenters. The van der Waals surface area contributed by atoms with E-state index in [1.54, 1.807) is 20.0 Å². The molecule has 0 aromatic carbocycles. The second-order valence-corrected chi connectivity index (χ2v) is 6.38. The molecule has 0 spiro atoms. The first-order valence-corrected chi connectivity index (χ1v) is 7.47. The second-order valence-electron chi connectivity index (χ2n) is 6.38. The maximum atomic E-state index is 11.2. The molecule has 1 aliphatic heterocycles. The highest BCUT2D eigenvalue weighted by Crippen LogP contribution is 2.38. The standard InChI is InChI=1S/C15H21N3O3/c1-9-5-16-13(10(2)15(9)18(20)21)8-17-6-11-3-4-14(19)12(11)7-17/h5,11-12,14,19H,3-4,6-8H2,1-2H3. The molecular formula is C15H21N3O3. The van der Waals surface area contributed by atoms with E-state index in [0.717, 1.165) is 31.6 Å². The van der Waals surface area contributed by atoms with Crippen LogP contribution in [0, 0.1) is 35.8 Å². The molecule has 1 N–H and O–H groups in total. The van der Waals surface area contributed by atoms with Gasteiger partial charge < -0.3 is 5.11 Å². The molecule has 1 saturated carbocycles. The Bertz CT molecular complexity index is 576. The highest BCUT2D eigenvalue weighted by molar-refractivity contribution is 5.47. The summed E-state index contributed by atoms with van der Waals surface area (Å²) in [4.78, 5) is 17.5. The molecule has 0 radical (unpaired) electrons. The average Bonchev–Trinajstić information content (AvgIpc) is 2.95. The van der Waals surface area contributed by atoms with Crippen LogP contribution in [0.5, 0.6) is 0 Å². The topological polar surface area (TPSA) is 79.5 Å². The van der Waals surface area contributed by atoms with Crippen LogP contribution in [-0.4, -0.2) is 39.1 Å². The van der Waals surface area contributed by atoms with Gasteiger partial charge in [0.15, 0.2) is 0 Å². The van der Waals surface area contributed by atoms with Gasteiger partial charge in [0.05, 0.1) is 16.7 Å². The van der Waals surface area contributed by atoms with Crippen molar-refractivity contribution in [3.63, 3.8) is 0 Å². The largest absolute Gasteiger partial charge is 0.393 e. The van der Waals surface area contributed by atoms with Gasteiger partial charge in [-0.1, -0.05) is 0 Å². The van der Waals surface area contributed by atoms with Gasteiger partial charge in [-0.25, -0.2) is 0 Å². The molecule has 6 heteroatoms. The Morgan fingerprint density at radius 1 is 1.43 bits per heavy atom. The Morgan fingerprint density at radius 2 is 2.19 bits per heavy atom. The number of pyridine rings is 1. The zero-order valence-corrected chi connectivity index (χ0v) is 12.5. The highest BCUT2D eigenvalue weighted by Gasteiger charge is 2.41. The van der Waals surface area contributed by atoms with Crippen molar-refractivity contribution in [3.05, 3.63) is 33.1 Å². The monoisotopic (exact) mass is 291 g/mol. The smallest absolute Gasteiger partial charge is 0.278 e. The van der Waals surface area contributed by atoms with Gasteiger partial charge in [0.1, 0.15) is 0 Å². The Hall–Kier alpha value is -1.53. The van der Waals surface area contributed by atoms with Gasteiger partial charge in [0.25, 0.3) is 5.69 Å². The number of aryl methyl sites for hydroxylation is 1. The molecule has 0 bridgehead atoms. The Labute approximate surface area is 123 Å². The zero-order valence-electron chi connectivity index (χ0n) is 12.5. The molecule has 21 heavy (non-hydrogen) atoms. The summed E-state index contributed by atoms with van der Waals surface area (Å²) in [6.45, 7) is 5.96. The summed E-state index contributed by atoms with van der Waals surface area (Å²) < 4.78 is 0. The number of nitrogens with zero attached hydrogens (tertiary/aromatic N) is 3. The van der Waals surface area contributed by atoms with Gasteiger partial charge in [-0.05, 0) is 32.6 Å². The minimum atomic E-state index is -0.321. The van der Waals surface area contributed by atoms with Crippen molar-refractivity contribution in [1.82, 2.24) is 9.88 Å². The minimum absolute atomic E-state index is 0.179. The fraction of sp³-hybridized carbons (Fsp3) is 0.667. The Kier molecular flexibility index (Phi) is 3.67. The van der Waals surface area contributed by atoms with Crippen LogP contribution in [0.2, 0.25) is 0 Å². The van der Waals surface area contributed by atoms with E-state index in [9.17, 15) is 15.2 Å². The van der Waals surface area contributed by atoms with Crippen LogP contribution in [0.15, 0.2) is 6.20 Å². The molecule has 1 saturated heterocycles. The van der Waals surface area contributed by atoms with Crippen molar-refractivity contribution in [2.75, 3.05) is 13.1 Å². The first-order chi connectivity index (χ1) is 9.97. The molecule has 2 aliphatic rings. The third-order valence-electron chi connectivity index (χ3n) is 5.03. The number of aliphatic hydroxyl groups excluding tert-OH is 1. The molecule has 3 unspecified atom stereocenters. The predicted molar refractivity (Wildman–Crippen MR) is 77.9 cm³/mol. The van der Waals surface area contributed by atoms with Gasteiger partial charge in [-0.15, -0.1) is 0 Å². The molecule has 114 valence electrons. The van der Waals surface area contributed by atoms with E-state index in [2.05, 4.69) is 9.88 Å². The third-order valence-corrected chi connectivity index (χ3v) is 5.03. The first kappa shape index (κ1) is 14.4. The van der Waals surface area contributed by atoms with E-state index in [-0.39, 0.29) is 16.7 Å². The van der Waals surface area contributed by atoms with Crippen molar-refractivity contribution < 1.29 is 10.0 Å². The molecular weight excluding hydrogens is 270 g/mol. The number of nitro groups is 1. The maximum Gasteiger partial charge on any atom is 0.278 e. The van der Waals surface area contributed by atoms with E-state index in [4.69, 9.17) is 0 Å². The quantitative estimate of drug-likeness (QED) is 0.678. The van der Waals surface area contributed by atoms with E-state index in [1.165, 1.54) is 0 Å². The Morgan fingerprint density at radius 3 is 2.86 bits per heavy atom. The number of aromatic nitrogens is 1. The maximum absolute atomic E-state index is 11.2. The van der Waals surface area contributed by atoms with Crippen LogP contribution in [0.4, 0.5) is 5.69 Å². The van der Waals surface area contributed by atoms with Crippen LogP contribution in [0.25, 0.3) is 0 Å². The van der Waals surface area contributed by atoms with E-state index in [1.807, 2.05) is 0 Å². The first-order valence-electron chi connectivity index (χ1n) is 7.47. The van der Waals surface area contributed by atoms with Crippen LogP contribution in [0.1, 0.15) is 29.7 Å². The summed E-state index contributed by atoms with van der Waals surface area (Å²) in [7, 11) is 0. The number of hydrogen-bond acceptors (Lipinski definition) is 5. The lowest BCUT2D eigenvalue weighted by Crippen LogP contribution is -2.25. The molecule has 2 fully saturated rings. The zero-order chi connectivity index (χ0) is 15.1. The van der Waals surface area contributed by atoms with Gasteiger partial charge in [0.2, 0.25) is 0 Å². The third kappa shape index (κ3) is 2.53. The van der Waals surface area contributed by atoms with E-state index >= 15 is 0 Å². The molecule has 0 amide bonds. The summed E-state index contributed by atoms with van der Waals surface area (Å²) in [5.74, 6) is 0.937. The lowest BCUT2D eigenvalue weighted by Gasteiger charge is -2.18. The van der Waals surface area contributed by atoms with Gasteiger partial charge >= 0.3 is 0 Å². The van der Waals surface area contributed by atoms with Crippen LogP contribution >= 0.6 is 0 Å². The Balaban J connectivity index is 1.77. The van der Waals surface area contributed by atoms with Crippen molar-refractivity contribution in [3.8, 4) is 0 Å². The van der Waals surface area contributed by atoms with Gasteiger partial charge in [-0.3, -0.25) is 20.0 Å². The molecule has 1 aromatic heterocycles. The highest BCUT2D eigenvalue weighted by atomic mass is 16.6. The van der Waals surface area contributed by atoms with Crippen LogP contribution in [0.3, 0.4) is 0 Å². The van der Waals surface area contributed by atoms with Gasteiger partial charge in [0, 0.05) is 42.9 Å². The van der Waals surface area contributed by atoms with E-state index < -0.39 is 0 Å². The molecule has 1 aromatic rings. The summed E-state index contributed by atoms with van der Waals surface area (Å²) in [6.07, 6.45) is 3.41. The summed E-state index contributed by atoms with van der Waals surface area (Å²) in [6, 6.07) is 0. The number of likely N-dealkylation sites (tertiary alicyclic amines) is 1. The number of hydrogen-bond donors (Lipinski definition) is 1. The number of fused-ring (bicyclic) bond motifs is 1. The van der Waals surface area contributed by atoms with Crippen molar-refractivity contribution in [1.29, 1.82) is 0 Å². The average molecular weight is 291 g/mol.